The third-order valence-electron chi connectivity index (χ3n) is 2.70. The number of hydrogen-bond acceptors (Lipinski definition) is 7. The van der Waals surface area contributed by atoms with Crippen LogP contribution in [0.3, 0.4) is 0 Å². The molecule has 8 nitrogen and oxygen atoms in total. The molecule has 2 aromatic heterocycles. The summed E-state index contributed by atoms with van der Waals surface area (Å²) in [5, 5.41) is 17.9. The van der Waals surface area contributed by atoms with Gasteiger partial charge in [0, 0.05) is 0 Å². The van der Waals surface area contributed by atoms with Gasteiger partial charge in [-0.2, -0.15) is 5.10 Å². The summed E-state index contributed by atoms with van der Waals surface area (Å²) >= 11 is 0.852. The van der Waals surface area contributed by atoms with Crippen molar-refractivity contribution in [3.8, 4) is 0 Å². The first-order valence-electron chi connectivity index (χ1n) is 5.74. The fraction of sp³-hybridized carbons (Fsp3) is 0.273. The van der Waals surface area contributed by atoms with Gasteiger partial charge < -0.3 is 5.11 Å². The lowest BCUT2D eigenvalue weighted by atomic mass is 10.3. The number of rotatable bonds is 4. The zero-order valence-electron chi connectivity index (χ0n) is 11.4. The molecule has 2 heterocycles. The highest BCUT2D eigenvalue weighted by Gasteiger charge is 2.27. The number of aromatic nitrogens is 3. The van der Waals surface area contributed by atoms with Gasteiger partial charge in [0.25, 0.3) is 16.0 Å². The van der Waals surface area contributed by atoms with Gasteiger partial charge in [-0.05, 0) is 31.7 Å². The van der Waals surface area contributed by atoms with E-state index in [1.807, 2.05) is 0 Å². The predicted octanol–water partition coefficient (Wildman–Crippen LogP) is 1.36. The summed E-state index contributed by atoms with van der Waals surface area (Å²) in [6.45, 7) is 4.89. The van der Waals surface area contributed by atoms with E-state index in [4.69, 9.17) is 5.11 Å². The van der Waals surface area contributed by atoms with Gasteiger partial charge in [0.2, 0.25) is 0 Å². The van der Waals surface area contributed by atoms with Crippen LogP contribution in [0.1, 0.15) is 26.6 Å². The molecule has 0 aliphatic heterocycles. The van der Waals surface area contributed by atoms with Crippen molar-refractivity contribution in [1.29, 1.82) is 0 Å². The maximum atomic E-state index is 12.3. The topological polar surface area (TPSA) is 122 Å². The molecule has 2 N–H and O–H groups in total. The molecule has 0 saturated heterocycles. The van der Waals surface area contributed by atoms with Crippen LogP contribution < -0.4 is 4.72 Å². The molecular weight excluding hydrogens is 316 g/mol. The van der Waals surface area contributed by atoms with E-state index in [2.05, 4.69) is 19.9 Å². The van der Waals surface area contributed by atoms with E-state index in [0.717, 1.165) is 11.3 Å². The summed E-state index contributed by atoms with van der Waals surface area (Å²) in [5.74, 6) is -1.49. The van der Waals surface area contributed by atoms with Gasteiger partial charge in [-0.25, -0.2) is 22.9 Å². The van der Waals surface area contributed by atoms with E-state index >= 15 is 0 Å². The Morgan fingerprint density at radius 1 is 1.24 bits per heavy atom. The van der Waals surface area contributed by atoms with Crippen molar-refractivity contribution in [2.45, 2.75) is 25.7 Å². The van der Waals surface area contributed by atoms with Crippen molar-refractivity contribution < 1.29 is 18.3 Å². The lowest BCUT2D eigenvalue weighted by Crippen LogP contribution is -2.18. The first kappa shape index (κ1) is 15.3. The number of hydrogen-bond donors (Lipinski definition) is 2. The molecule has 0 atom stereocenters. The molecule has 0 saturated carbocycles. The molecule has 0 aliphatic carbocycles. The van der Waals surface area contributed by atoms with Crippen LogP contribution in [0.5, 0.6) is 0 Å². The molecule has 0 bridgehead atoms. The minimum Gasteiger partial charge on any atom is -0.477 e. The highest BCUT2D eigenvalue weighted by molar-refractivity contribution is 7.93. The average Bonchev–Trinajstić information content (AvgIpc) is 2.76. The van der Waals surface area contributed by atoms with Crippen molar-refractivity contribution >= 4 is 33.3 Å². The predicted molar refractivity (Wildman–Crippen MR) is 76.1 cm³/mol. The number of aryl methyl sites for hydroxylation is 3. The molecule has 0 radical (unpaired) electrons. The lowest BCUT2D eigenvalue weighted by molar-refractivity contribution is 0.0698. The Morgan fingerprint density at radius 3 is 2.48 bits per heavy atom. The van der Waals surface area contributed by atoms with Gasteiger partial charge in [0.05, 0.1) is 11.4 Å². The highest BCUT2D eigenvalue weighted by atomic mass is 32.2. The SMILES string of the molecule is Cc1csc(C(=O)O)c1S(=O)(=O)Nc1nnc(C)c(C)n1. The minimum atomic E-state index is -4.09. The number of nitrogens with zero attached hydrogens (tertiary/aromatic N) is 3. The zero-order chi connectivity index (χ0) is 15.8. The van der Waals surface area contributed by atoms with E-state index in [-0.39, 0.29) is 15.7 Å². The second-order valence-corrected chi connectivity index (χ2v) is 6.79. The van der Waals surface area contributed by atoms with Crippen LogP contribution in [0.15, 0.2) is 10.3 Å². The standard InChI is InChI=1S/C11H12N4O4S2/c1-5-4-20-8(10(16)17)9(5)21(18,19)15-11-12-6(2)7(3)13-14-11/h4H,1-3H3,(H,16,17)(H,12,14,15). The second kappa shape index (κ2) is 5.37. The van der Waals surface area contributed by atoms with Crippen molar-refractivity contribution in [3.05, 3.63) is 27.2 Å². The molecule has 0 aliphatic rings. The van der Waals surface area contributed by atoms with Crippen molar-refractivity contribution in [2.24, 2.45) is 0 Å². The summed E-state index contributed by atoms with van der Waals surface area (Å²) in [6.07, 6.45) is 0. The Hall–Kier alpha value is -2.07. The third-order valence-corrected chi connectivity index (χ3v) is 5.43. The summed E-state index contributed by atoms with van der Waals surface area (Å²) in [5.41, 5.74) is 1.46. The minimum absolute atomic E-state index is 0.194. The monoisotopic (exact) mass is 328 g/mol. The molecule has 2 rings (SSSR count). The third kappa shape index (κ3) is 3.00. The van der Waals surface area contributed by atoms with Crippen LogP contribution in [0, 0.1) is 20.8 Å². The molecule has 0 aromatic carbocycles. The first-order valence-corrected chi connectivity index (χ1v) is 8.11. The quantitative estimate of drug-likeness (QED) is 0.868. The second-order valence-electron chi connectivity index (χ2n) is 4.29. The van der Waals surface area contributed by atoms with Crippen LogP contribution in [0.2, 0.25) is 0 Å². The van der Waals surface area contributed by atoms with E-state index in [1.165, 1.54) is 12.3 Å². The summed E-state index contributed by atoms with van der Waals surface area (Å²) < 4.78 is 26.8. The van der Waals surface area contributed by atoms with Gasteiger partial charge in [-0.1, -0.05) is 0 Å². The maximum absolute atomic E-state index is 12.3. The van der Waals surface area contributed by atoms with Gasteiger partial charge in [0.1, 0.15) is 9.77 Å². The van der Waals surface area contributed by atoms with Crippen molar-refractivity contribution in [2.75, 3.05) is 4.72 Å². The lowest BCUT2D eigenvalue weighted by Gasteiger charge is -2.08. The zero-order valence-corrected chi connectivity index (χ0v) is 13.0. The van der Waals surface area contributed by atoms with Gasteiger partial charge in [-0.3, -0.25) is 0 Å². The number of carbonyl (C=O) groups is 1. The Balaban J connectivity index is 2.45. The maximum Gasteiger partial charge on any atom is 0.347 e. The smallest absolute Gasteiger partial charge is 0.347 e. The van der Waals surface area contributed by atoms with Gasteiger partial charge in [-0.15, -0.1) is 16.4 Å². The van der Waals surface area contributed by atoms with Crippen LogP contribution in [0.25, 0.3) is 0 Å². The Morgan fingerprint density at radius 2 is 1.90 bits per heavy atom. The molecule has 2 aromatic rings. The number of aromatic carboxylic acids is 1. The van der Waals surface area contributed by atoms with Crippen LogP contribution in [-0.4, -0.2) is 34.7 Å². The van der Waals surface area contributed by atoms with Crippen LogP contribution >= 0.6 is 11.3 Å². The molecule has 0 spiro atoms. The molecular formula is C11H12N4O4S2. The Labute approximate surface area is 124 Å². The molecule has 0 unspecified atom stereocenters. The molecule has 0 fully saturated rings. The number of nitrogens with one attached hydrogen (secondary N) is 1. The largest absolute Gasteiger partial charge is 0.477 e. The number of sulfonamides is 1. The van der Waals surface area contributed by atoms with Crippen molar-refractivity contribution in [1.82, 2.24) is 15.2 Å². The summed E-state index contributed by atoms with van der Waals surface area (Å²) in [6, 6.07) is 0. The van der Waals surface area contributed by atoms with Crippen LogP contribution in [-0.2, 0) is 10.0 Å². The van der Waals surface area contributed by atoms with Gasteiger partial charge >= 0.3 is 5.97 Å². The molecule has 112 valence electrons. The first-order chi connectivity index (χ1) is 9.72. The summed E-state index contributed by atoms with van der Waals surface area (Å²) in [4.78, 5) is 14.5. The fourth-order valence-electron chi connectivity index (χ4n) is 1.59. The Kier molecular flexibility index (Phi) is 3.92. The normalized spacial score (nSPS) is 11.4. The highest BCUT2D eigenvalue weighted by Crippen LogP contribution is 2.28. The Bertz CT molecular complexity index is 814. The van der Waals surface area contributed by atoms with E-state index in [0.29, 0.717) is 17.0 Å². The number of thiophene rings is 1. The molecule has 10 heteroatoms. The van der Waals surface area contributed by atoms with Crippen LogP contribution in [0.4, 0.5) is 5.95 Å². The van der Waals surface area contributed by atoms with Gasteiger partial charge in [0.15, 0.2) is 0 Å². The van der Waals surface area contributed by atoms with E-state index in [9.17, 15) is 13.2 Å². The van der Waals surface area contributed by atoms with Crippen molar-refractivity contribution in [3.63, 3.8) is 0 Å². The molecule has 0 amide bonds. The average molecular weight is 328 g/mol. The number of anilines is 1. The fourth-order valence-corrected chi connectivity index (χ4v) is 4.16. The number of carboxylic acid groups (broad SMARTS) is 1. The van der Waals surface area contributed by atoms with E-state index < -0.39 is 16.0 Å². The number of carboxylic acids is 1. The molecule has 21 heavy (non-hydrogen) atoms. The van der Waals surface area contributed by atoms with E-state index in [1.54, 1.807) is 13.8 Å². The summed E-state index contributed by atoms with van der Waals surface area (Å²) in [7, 11) is -4.09.